The Balaban J connectivity index is 2.32. The molecule has 19 heavy (non-hydrogen) atoms. The van der Waals surface area contributed by atoms with Gasteiger partial charge in [0.25, 0.3) is 0 Å². The lowest BCUT2D eigenvalue weighted by Gasteiger charge is -2.24. The number of hydrogen-bond acceptors (Lipinski definition) is 4. The maximum Gasteiger partial charge on any atom is 0.394 e. The summed E-state index contributed by atoms with van der Waals surface area (Å²) in [5, 5.41) is 0. The van der Waals surface area contributed by atoms with E-state index >= 15 is 0 Å². The maximum atomic E-state index is 11.6. The van der Waals surface area contributed by atoms with Gasteiger partial charge in [0.2, 0.25) is 0 Å². The van der Waals surface area contributed by atoms with Crippen LogP contribution in [0.2, 0.25) is 0 Å². The molecule has 0 amide bonds. The van der Waals surface area contributed by atoms with Gasteiger partial charge in [-0.2, -0.15) is 0 Å². The molecule has 0 aliphatic carbocycles. The first-order chi connectivity index (χ1) is 8.87. The minimum Gasteiger partial charge on any atom is -0.575 e. The fraction of sp³-hybridized carbons (Fsp3) is 0.571. The highest BCUT2D eigenvalue weighted by Gasteiger charge is 2.15. The second-order valence-electron chi connectivity index (χ2n) is 5.34. The van der Waals surface area contributed by atoms with E-state index in [1.807, 2.05) is 45.9 Å². The molecule has 1 aromatic rings. The standard InChI is InChI=1S/C14H22NO3P/c1-12(17-14(2,3)4)10-11-15-19(16)18-13-8-6-5-7-9-13/h5-9,12H,10-11H2,1-4H3. The van der Waals surface area contributed by atoms with E-state index < -0.39 is 8.17 Å². The van der Waals surface area contributed by atoms with Gasteiger partial charge in [0.1, 0.15) is 0 Å². The number of ether oxygens (including phenoxy) is 1. The van der Waals surface area contributed by atoms with Gasteiger partial charge >= 0.3 is 8.17 Å². The van der Waals surface area contributed by atoms with Crippen molar-refractivity contribution in [2.24, 2.45) is 4.74 Å². The highest BCUT2D eigenvalue weighted by atomic mass is 31.1. The van der Waals surface area contributed by atoms with E-state index in [0.29, 0.717) is 12.3 Å². The normalized spacial score (nSPS) is 14.3. The monoisotopic (exact) mass is 283 g/mol. The smallest absolute Gasteiger partial charge is 0.394 e. The van der Waals surface area contributed by atoms with Crippen molar-refractivity contribution in [3.05, 3.63) is 30.3 Å². The molecule has 1 aromatic carbocycles. The van der Waals surface area contributed by atoms with Crippen molar-refractivity contribution in [1.82, 2.24) is 0 Å². The second kappa shape index (κ2) is 7.59. The summed E-state index contributed by atoms with van der Waals surface area (Å²) in [6.07, 6.45) is 0.820. The van der Waals surface area contributed by atoms with Crippen LogP contribution in [-0.2, 0) is 4.74 Å². The Morgan fingerprint density at radius 3 is 2.47 bits per heavy atom. The molecule has 0 spiro atoms. The van der Waals surface area contributed by atoms with E-state index in [0.717, 1.165) is 6.42 Å². The summed E-state index contributed by atoms with van der Waals surface area (Å²) in [6, 6.07) is 9.06. The van der Waals surface area contributed by atoms with Gasteiger partial charge in [0.05, 0.1) is 18.2 Å². The molecule has 0 N–H and O–H groups in total. The van der Waals surface area contributed by atoms with E-state index in [1.54, 1.807) is 12.1 Å². The van der Waals surface area contributed by atoms with E-state index in [4.69, 9.17) is 9.26 Å². The van der Waals surface area contributed by atoms with Crippen molar-refractivity contribution in [2.45, 2.75) is 45.8 Å². The van der Waals surface area contributed by atoms with E-state index in [-0.39, 0.29) is 11.7 Å². The molecule has 2 unspecified atom stereocenters. The van der Waals surface area contributed by atoms with Gasteiger partial charge < -0.3 is 9.63 Å². The molecule has 2 atom stereocenters. The number of rotatable bonds is 6. The summed E-state index contributed by atoms with van der Waals surface area (Å²) < 4.78 is 14.9. The zero-order valence-corrected chi connectivity index (χ0v) is 12.9. The lowest BCUT2D eigenvalue weighted by Crippen LogP contribution is -2.25. The average Bonchev–Trinajstić information content (AvgIpc) is 2.27. The molecule has 0 saturated carbocycles. The Hall–Kier alpha value is -0.960. The SMILES string of the molecule is CC(CC/N=[P+](\[O-])Oc1ccccc1)OC(C)(C)C. The predicted molar refractivity (Wildman–Crippen MR) is 76.2 cm³/mol. The first-order valence-electron chi connectivity index (χ1n) is 6.42. The predicted octanol–water partition coefficient (Wildman–Crippen LogP) is 3.51. The summed E-state index contributed by atoms with van der Waals surface area (Å²) in [7, 11) is -2.00. The fourth-order valence-corrected chi connectivity index (χ4v) is 2.22. The van der Waals surface area contributed by atoms with Crippen molar-refractivity contribution in [3.8, 4) is 5.75 Å². The van der Waals surface area contributed by atoms with Gasteiger partial charge in [-0.3, -0.25) is 4.52 Å². The molecule has 0 bridgehead atoms. The number of para-hydroxylation sites is 1. The Kier molecular flexibility index (Phi) is 6.43. The zero-order valence-electron chi connectivity index (χ0n) is 12.0. The molecule has 4 nitrogen and oxygen atoms in total. The molecule has 0 saturated heterocycles. The first kappa shape index (κ1) is 16.1. The Labute approximate surface area is 116 Å². The summed E-state index contributed by atoms with van der Waals surface area (Å²) in [5.41, 5.74) is -0.165. The van der Waals surface area contributed by atoms with E-state index in [9.17, 15) is 4.89 Å². The van der Waals surface area contributed by atoms with Crippen LogP contribution in [-0.4, -0.2) is 18.2 Å². The molecule has 1 rings (SSSR count). The lowest BCUT2D eigenvalue weighted by atomic mass is 10.1. The van der Waals surface area contributed by atoms with Crippen LogP contribution in [0, 0.1) is 0 Å². The Bertz CT molecular complexity index is 401. The van der Waals surface area contributed by atoms with Crippen molar-refractivity contribution >= 4 is 8.17 Å². The summed E-state index contributed by atoms with van der Waals surface area (Å²) in [5.74, 6) is 0.575. The second-order valence-corrected chi connectivity index (χ2v) is 6.28. The third kappa shape index (κ3) is 7.93. The van der Waals surface area contributed by atoms with Crippen LogP contribution in [0.15, 0.2) is 35.1 Å². The maximum absolute atomic E-state index is 11.6. The summed E-state index contributed by atoms with van der Waals surface area (Å²) >= 11 is 0. The molecule has 106 valence electrons. The summed E-state index contributed by atoms with van der Waals surface area (Å²) in [6.45, 7) is 8.50. The molecule has 0 fully saturated rings. The average molecular weight is 283 g/mol. The molecule has 0 aromatic heterocycles. The Morgan fingerprint density at radius 2 is 1.89 bits per heavy atom. The quantitative estimate of drug-likeness (QED) is 0.751. The van der Waals surface area contributed by atoms with Crippen LogP contribution in [0.4, 0.5) is 0 Å². The van der Waals surface area contributed by atoms with Crippen LogP contribution in [0.3, 0.4) is 0 Å². The largest absolute Gasteiger partial charge is 0.575 e. The topological polar surface area (TPSA) is 53.9 Å². The molecular formula is C14H22NO3P. The van der Waals surface area contributed by atoms with Gasteiger partial charge in [0.15, 0.2) is 5.75 Å². The number of hydrogen-bond donors (Lipinski definition) is 0. The number of benzene rings is 1. The van der Waals surface area contributed by atoms with Gasteiger partial charge in [-0.1, -0.05) is 22.9 Å². The number of nitrogens with zero attached hydrogens (tertiary/aromatic N) is 1. The third-order valence-corrected chi connectivity index (χ3v) is 3.03. The third-order valence-electron chi connectivity index (χ3n) is 2.23. The highest BCUT2D eigenvalue weighted by molar-refractivity contribution is 7.34. The minimum atomic E-state index is -2.00. The Morgan fingerprint density at radius 1 is 1.26 bits per heavy atom. The molecular weight excluding hydrogens is 261 g/mol. The van der Waals surface area contributed by atoms with Gasteiger partial charge in [-0.25, -0.2) is 0 Å². The van der Waals surface area contributed by atoms with Crippen LogP contribution in [0.25, 0.3) is 0 Å². The van der Waals surface area contributed by atoms with Crippen LogP contribution >= 0.6 is 8.17 Å². The summed E-state index contributed by atoms with van der Waals surface area (Å²) in [4.78, 5) is 11.6. The molecule has 5 heteroatoms. The molecule has 0 heterocycles. The zero-order chi connectivity index (χ0) is 14.3. The molecule has 0 radical (unpaired) electrons. The minimum absolute atomic E-state index is 0.0869. The molecule has 0 aliphatic heterocycles. The highest BCUT2D eigenvalue weighted by Crippen LogP contribution is 2.22. The van der Waals surface area contributed by atoms with Crippen LogP contribution in [0.1, 0.15) is 34.1 Å². The molecule has 0 aliphatic rings. The van der Waals surface area contributed by atoms with Gasteiger partial charge in [0, 0.05) is 0 Å². The van der Waals surface area contributed by atoms with Crippen LogP contribution in [0.5, 0.6) is 5.75 Å². The van der Waals surface area contributed by atoms with E-state index in [2.05, 4.69) is 4.74 Å². The van der Waals surface area contributed by atoms with Crippen molar-refractivity contribution < 1.29 is 14.2 Å². The van der Waals surface area contributed by atoms with Gasteiger partial charge in [-0.05, 0) is 46.2 Å². The van der Waals surface area contributed by atoms with Crippen molar-refractivity contribution in [3.63, 3.8) is 0 Å². The lowest BCUT2D eigenvalue weighted by molar-refractivity contribution is -0.168. The first-order valence-corrected chi connectivity index (χ1v) is 7.55. The fourth-order valence-electron chi connectivity index (χ4n) is 1.58. The van der Waals surface area contributed by atoms with E-state index in [1.165, 1.54) is 0 Å². The van der Waals surface area contributed by atoms with Crippen molar-refractivity contribution in [2.75, 3.05) is 6.54 Å². The van der Waals surface area contributed by atoms with Crippen molar-refractivity contribution in [1.29, 1.82) is 0 Å². The van der Waals surface area contributed by atoms with Crippen LogP contribution < -0.4 is 9.42 Å². The van der Waals surface area contributed by atoms with Gasteiger partial charge in [-0.15, -0.1) is 0 Å².